The van der Waals surface area contributed by atoms with E-state index in [-0.39, 0.29) is 37.0 Å². The van der Waals surface area contributed by atoms with Crippen LogP contribution in [0.4, 0.5) is 0 Å². The van der Waals surface area contributed by atoms with Gasteiger partial charge in [0.05, 0.1) is 12.2 Å². The molecule has 3 aliphatic heterocycles. The molecule has 3 N–H and O–H groups in total. The molecule has 0 aromatic carbocycles. The highest BCUT2D eigenvalue weighted by molar-refractivity contribution is 7.90. The number of fused-ring (bicyclic) bond motifs is 2. The highest BCUT2D eigenvalue weighted by atomic mass is 32.2. The first kappa shape index (κ1) is 27.9. The first-order valence-electron chi connectivity index (χ1n) is 12.5. The molecule has 0 unspecified atom stereocenters. The summed E-state index contributed by atoms with van der Waals surface area (Å²) < 4.78 is 22.7. The van der Waals surface area contributed by atoms with E-state index >= 15 is 0 Å². The average molecular weight is 528 g/mol. The number of hydrogen-bond acceptors (Lipinski definition) is 7. The molecule has 3 rings (SSSR count). The van der Waals surface area contributed by atoms with Crippen molar-refractivity contribution in [3.63, 3.8) is 0 Å². The molecular formula is C23H37N5O7S. The highest BCUT2D eigenvalue weighted by Crippen LogP contribution is 2.26. The second-order valence-corrected chi connectivity index (χ2v) is 12.5. The topological polar surface area (TPSA) is 162 Å². The van der Waals surface area contributed by atoms with Crippen LogP contribution in [0.25, 0.3) is 0 Å². The van der Waals surface area contributed by atoms with Gasteiger partial charge in [0.2, 0.25) is 29.5 Å². The molecule has 3 heterocycles. The molecule has 3 aliphatic rings. The van der Waals surface area contributed by atoms with E-state index in [1.54, 1.807) is 13.8 Å². The molecule has 12 nitrogen and oxygen atoms in total. The molecule has 0 bridgehead atoms. The molecule has 13 heteroatoms. The number of amides is 5. The largest absolute Gasteiger partial charge is 0.354 e. The summed E-state index contributed by atoms with van der Waals surface area (Å²) in [6.07, 6.45) is 3.16. The second kappa shape index (κ2) is 11.6. The van der Waals surface area contributed by atoms with Crippen LogP contribution in [0.5, 0.6) is 0 Å². The van der Waals surface area contributed by atoms with E-state index in [1.165, 1.54) is 9.80 Å². The average Bonchev–Trinajstić information content (AvgIpc) is 3.47. The molecule has 0 aliphatic carbocycles. The number of sulfone groups is 1. The Morgan fingerprint density at radius 3 is 2.28 bits per heavy atom. The minimum Gasteiger partial charge on any atom is -0.354 e. The van der Waals surface area contributed by atoms with E-state index in [9.17, 15) is 32.4 Å². The van der Waals surface area contributed by atoms with Crippen LogP contribution in [-0.4, -0.2) is 104 Å². The van der Waals surface area contributed by atoms with Crippen molar-refractivity contribution >= 4 is 39.4 Å². The van der Waals surface area contributed by atoms with Gasteiger partial charge in [-0.2, -0.15) is 0 Å². The van der Waals surface area contributed by atoms with Crippen LogP contribution in [0.3, 0.4) is 0 Å². The van der Waals surface area contributed by atoms with Crippen molar-refractivity contribution in [3.8, 4) is 0 Å². The predicted molar refractivity (Wildman–Crippen MR) is 130 cm³/mol. The van der Waals surface area contributed by atoms with Crippen LogP contribution in [-0.2, 0) is 33.8 Å². The fourth-order valence-corrected chi connectivity index (χ4v) is 5.70. The SMILES string of the molecule is CC(C)[C@@H]1NC(=O)[C@@H]2CCCN2C(=O)[C@H]2CCCN2C(=O)C[C@@H](C(=O)NCCCS(C)(=O)=O)NC1=O. The highest BCUT2D eigenvalue weighted by Gasteiger charge is 2.44. The minimum atomic E-state index is -3.20. The molecule has 3 saturated heterocycles. The summed E-state index contributed by atoms with van der Waals surface area (Å²) in [6, 6.07) is -3.62. The molecule has 36 heavy (non-hydrogen) atoms. The van der Waals surface area contributed by atoms with Gasteiger partial charge < -0.3 is 25.8 Å². The molecule has 0 saturated carbocycles. The van der Waals surface area contributed by atoms with Crippen LogP contribution in [0.1, 0.15) is 52.4 Å². The van der Waals surface area contributed by atoms with Crippen LogP contribution < -0.4 is 16.0 Å². The molecule has 5 amide bonds. The first-order valence-corrected chi connectivity index (χ1v) is 14.6. The van der Waals surface area contributed by atoms with Gasteiger partial charge in [0.25, 0.3) is 0 Å². The Bertz CT molecular complexity index is 989. The summed E-state index contributed by atoms with van der Waals surface area (Å²) in [4.78, 5) is 68.9. The Kier molecular flexibility index (Phi) is 8.96. The molecule has 0 radical (unpaired) electrons. The van der Waals surface area contributed by atoms with Crippen LogP contribution >= 0.6 is 0 Å². The van der Waals surface area contributed by atoms with Gasteiger partial charge in [-0.15, -0.1) is 0 Å². The maximum Gasteiger partial charge on any atom is 0.246 e. The fourth-order valence-electron chi connectivity index (χ4n) is 5.03. The van der Waals surface area contributed by atoms with Crippen LogP contribution in [0.2, 0.25) is 0 Å². The maximum atomic E-state index is 13.4. The van der Waals surface area contributed by atoms with Gasteiger partial charge >= 0.3 is 0 Å². The third-order valence-corrected chi connectivity index (χ3v) is 7.98. The lowest BCUT2D eigenvalue weighted by Crippen LogP contribution is -2.58. The Morgan fingerprint density at radius 1 is 1.00 bits per heavy atom. The second-order valence-electron chi connectivity index (χ2n) is 10.2. The van der Waals surface area contributed by atoms with Crippen molar-refractivity contribution < 1.29 is 32.4 Å². The lowest BCUT2D eigenvalue weighted by atomic mass is 10.0. The zero-order valence-electron chi connectivity index (χ0n) is 21.1. The number of carbonyl (C=O) groups is 5. The number of nitrogens with one attached hydrogen (secondary N) is 3. The zero-order chi connectivity index (χ0) is 26.6. The van der Waals surface area contributed by atoms with Crippen molar-refractivity contribution in [1.29, 1.82) is 0 Å². The van der Waals surface area contributed by atoms with Gasteiger partial charge in [-0.1, -0.05) is 13.8 Å². The van der Waals surface area contributed by atoms with E-state index in [1.807, 2.05) is 0 Å². The van der Waals surface area contributed by atoms with E-state index < -0.39 is 57.6 Å². The molecule has 4 atom stereocenters. The smallest absolute Gasteiger partial charge is 0.246 e. The van der Waals surface area contributed by atoms with Gasteiger partial charge in [0.1, 0.15) is 34.0 Å². The van der Waals surface area contributed by atoms with Crippen molar-refractivity contribution in [2.45, 2.75) is 76.5 Å². The predicted octanol–water partition coefficient (Wildman–Crippen LogP) is -1.45. The number of rotatable bonds is 6. The summed E-state index contributed by atoms with van der Waals surface area (Å²) in [5.41, 5.74) is 0. The Hall–Kier alpha value is -2.70. The Morgan fingerprint density at radius 2 is 1.64 bits per heavy atom. The van der Waals surface area contributed by atoms with Crippen LogP contribution in [0, 0.1) is 5.92 Å². The summed E-state index contributed by atoms with van der Waals surface area (Å²) >= 11 is 0. The van der Waals surface area contributed by atoms with Crippen molar-refractivity contribution in [3.05, 3.63) is 0 Å². The Balaban J connectivity index is 1.86. The number of carbonyl (C=O) groups excluding carboxylic acids is 5. The van der Waals surface area contributed by atoms with Gasteiger partial charge in [-0.25, -0.2) is 8.42 Å². The molecule has 0 aromatic heterocycles. The van der Waals surface area contributed by atoms with Crippen LogP contribution in [0.15, 0.2) is 0 Å². The molecular weight excluding hydrogens is 490 g/mol. The van der Waals surface area contributed by atoms with Gasteiger partial charge in [-0.3, -0.25) is 24.0 Å². The molecule has 202 valence electrons. The summed E-state index contributed by atoms with van der Waals surface area (Å²) in [7, 11) is -3.20. The number of nitrogens with zero attached hydrogens (tertiary/aromatic N) is 2. The van der Waals surface area contributed by atoms with Gasteiger partial charge in [0, 0.05) is 25.9 Å². The third kappa shape index (κ3) is 6.74. The summed E-state index contributed by atoms with van der Waals surface area (Å²) in [6.45, 7) is 4.32. The standard InChI is InChI=1S/C23H37N5O7S/c1-14(2)19-22(32)25-15(20(30)24-9-6-12-36(3,34)35)13-18(29)27-10-5-8-17(27)23(33)28-11-4-7-16(28)21(31)26-19/h14-17,19H,4-13H2,1-3H3,(H,24,30)(H,25,32)(H,26,31)/t15-,16-,17+,19-/m0/s1. The zero-order valence-corrected chi connectivity index (χ0v) is 21.9. The van der Waals surface area contributed by atoms with Crippen molar-refractivity contribution in [2.75, 3.05) is 31.6 Å². The number of hydrogen-bond donors (Lipinski definition) is 3. The normalized spacial score (nSPS) is 28.0. The lowest BCUT2D eigenvalue weighted by Gasteiger charge is -2.31. The third-order valence-electron chi connectivity index (χ3n) is 6.95. The molecule has 3 fully saturated rings. The van der Waals surface area contributed by atoms with E-state index in [2.05, 4.69) is 16.0 Å². The summed E-state index contributed by atoms with van der Waals surface area (Å²) in [5.74, 6) is -2.79. The van der Waals surface area contributed by atoms with E-state index in [0.717, 1.165) is 6.26 Å². The van der Waals surface area contributed by atoms with Gasteiger partial charge in [-0.05, 0) is 38.0 Å². The monoisotopic (exact) mass is 527 g/mol. The molecule has 0 spiro atoms. The maximum absolute atomic E-state index is 13.4. The van der Waals surface area contributed by atoms with Crippen molar-refractivity contribution in [1.82, 2.24) is 25.8 Å². The quantitative estimate of drug-likeness (QED) is 0.356. The lowest BCUT2D eigenvalue weighted by molar-refractivity contribution is -0.147. The fraction of sp³-hybridized carbons (Fsp3) is 0.783. The summed E-state index contributed by atoms with van der Waals surface area (Å²) in [5, 5.41) is 7.96. The molecule has 0 aromatic rings. The first-order chi connectivity index (χ1) is 16.9. The van der Waals surface area contributed by atoms with Crippen molar-refractivity contribution in [2.24, 2.45) is 5.92 Å². The van der Waals surface area contributed by atoms with Gasteiger partial charge in [0.15, 0.2) is 0 Å². The minimum absolute atomic E-state index is 0.0538. The Labute approximate surface area is 211 Å². The van der Waals surface area contributed by atoms with E-state index in [4.69, 9.17) is 0 Å². The van der Waals surface area contributed by atoms with E-state index in [0.29, 0.717) is 38.8 Å².